The van der Waals surface area contributed by atoms with E-state index in [-0.39, 0.29) is 5.69 Å². The first-order valence-corrected chi connectivity index (χ1v) is 6.54. The molecule has 0 aliphatic carbocycles. The highest BCUT2D eigenvalue weighted by Crippen LogP contribution is 2.42. The van der Waals surface area contributed by atoms with Gasteiger partial charge in [-0.3, -0.25) is 9.13 Å². The molecule has 0 amide bonds. The second-order valence-corrected chi connectivity index (χ2v) is 5.69. The Balaban J connectivity index is 2.11. The van der Waals surface area contributed by atoms with Crippen molar-refractivity contribution in [3.8, 4) is 0 Å². The van der Waals surface area contributed by atoms with Gasteiger partial charge in [0.05, 0.1) is 29.8 Å². The number of aliphatic hydroxyl groups is 1. The number of aromatic nitrogens is 2. The molecular weight excluding hydrogens is 301 g/mol. The fraction of sp³-hybridized carbons (Fsp3) is 0.462. The average molecular weight is 316 g/mol. The summed E-state index contributed by atoms with van der Waals surface area (Å²) in [5, 5.41) is 9.58. The number of fused-ring (bicyclic) bond motifs is 1. The largest absolute Gasteiger partial charge is 0.420 e. The number of halogens is 3. The van der Waals surface area contributed by atoms with Crippen molar-refractivity contribution in [2.75, 3.05) is 23.7 Å². The first-order valence-electron chi connectivity index (χ1n) is 6.54. The minimum absolute atomic E-state index is 0.298. The highest BCUT2D eigenvalue weighted by atomic mass is 19.4. The van der Waals surface area contributed by atoms with Gasteiger partial charge in [-0.25, -0.2) is 4.79 Å². The van der Waals surface area contributed by atoms with Crippen LogP contribution in [0.5, 0.6) is 0 Å². The molecule has 2 heterocycles. The zero-order valence-electron chi connectivity index (χ0n) is 12.0. The minimum Gasteiger partial charge on any atom is -0.399 e. The molecule has 0 unspecified atom stereocenters. The first kappa shape index (κ1) is 14.8. The van der Waals surface area contributed by atoms with Crippen LogP contribution in [-0.4, -0.2) is 39.1 Å². The summed E-state index contributed by atoms with van der Waals surface area (Å²) >= 11 is 0. The maximum atomic E-state index is 12.8. The number of nitrogens with zero attached hydrogens (tertiary/aromatic N) is 3. The number of benzene rings is 1. The van der Waals surface area contributed by atoms with Gasteiger partial charge in [0, 0.05) is 19.8 Å². The Morgan fingerprint density at radius 3 is 2.36 bits per heavy atom. The molecule has 1 aromatic carbocycles. The molecule has 6 nitrogen and oxygen atoms in total. The highest BCUT2D eigenvalue weighted by molar-refractivity contribution is 5.93. The van der Waals surface area contributed by atoms with E-state index < -0.39 is 24.9 Å². The van der Waals surface area contributed by atoms with Crippen LogP contribution >= 0.6 is 0 Å². The van der Waals surface area contributed by atoms with Crippen LogP contribution in [-0.2, 0) is 14.1 Å². The normalized spacial score (nSPS) is 17.8. The van der Waals surface area contributed by atoms with Crippen LogP contribution in [0.3, 0.4) is 0 Å². The fourth-order valence-corrected chi connectivity index (χ4v) is 2.82. The third-order valence-corrected chi connectivity index (χ3v) is 4.14. The van der Waals surface area contributed by atoms with E-state index in [0.717, 1.165) is 0 Å². The molecule has 1 aliphatic rings. The summed E-state index contributed by atoms with van der Waals surface area (Å²) in [5.74, 6) is 0. The molecule has 2 aromatic rings. The molecule has 0 atom stereocenters. The third-order valence-electron chi connectivity index (χ3n) is 4.14. The molecule has 1 saturated heterocycles. The monoisotopic (exact) mass is 316 g/mol. The minimum atomic E-state index is -4.69. The van der Waals surface area contributed by atoms with Crippen molar-refractivity contribution < 1.29 is 18.3 Å². The molecule has 0 radical (unpaired) electrons. The van der Waals surface area contributed by atoms with E-state index in [2.05, 4.69) is 0 Å². The van der Waals surface area contributed by atoms with Crippen LogP contribution in [0, 0.1) is 0 Å². The van der Waals surface area contributed by atoms with Gasteiger partial charge in [0.15, 0.2) is 5.60 Å². The summed E-state index contributed by atoms with van der Waals surface area (Å²) in [7, 11) is 3.11. The number of rotatable bonds is 1. The quantitative estimate of drug-likeness (QED) is 0.754. The number of aryl methyl sites for hydroxylation is 2. The van der Waals surface area contributed by atoms with Crippen molar-refractivity contribution in [2.24, 2.45) is 14.1 Å². The van der Waals surface area contributed by atoms with Crippen LogP contribution < -0.4 is 16.3 Å². The topological polar surface area (TPSA) is 76.4 Å². The molecule has 120 valence electrons. The summed E-state index contributed by atoms with van der Waals surface area (Å²) in [5.41, 5.74) is 4.53. The van der Waals surface area contributed by atoms with Gasteiger partial charge < -0.3 is 15.7 Å². The van der Waals surface area contributed by atoms with Gasteiger partial charge in [-0.15, -0.1) is 0 Å². The van der Waals surface area contributed by atoms with E-state index in [4.69, 9.17) is 5.73 Å². The smallest absolute Gasteiger partial charge is 0.399 e. The molecule has 1 aliphatic heterocycles. The van der Waals surface area contributed by atoms with Crippen molar-refractivity contribution in [1.82, 2.24) is 9.13 Å². The van der Waals surface area contributed by atoms with Crippen LogP contribution in [0.4, 0.5) is 24.5 Å². The molecule has 3 rings (SSSR count). The summed E-state index contributed by atoms with van der Waals surface area (Å²) in [6.45, 7) is -1.17. The van der Waals surface area contributed by atoms with Gasteiger partial charge in [-0.1, -0.05) is 0 Å². The van der Waals surface area contributed by atoms with Gasteiger partial charge in [0.25, 0.3) is 0 Å². The predicted molar refractivity (Wildman–Crippen MR) is 75.8 cm³/mol. The van der Waals surface area contributed by atoms with Crippen molar-refractivity contribution in [1.29, 1.82) is 0 Å². The Labute approximate surface area is 123 Å². The zero-order chi connectivity index (χ0) is 16.4. The van der Waals surface area contributed by atoms with E-state index >= 15 is 0 Å². The lowest BCUT2D eigenvalue weighted by molar-refractivity contribution is -0.267. The van der Waals surface area contributed by atoms with Crippen LogP contribution in [0.25, 0.3) is 11.0 Å². The third kappa shape index (κ3) is 1.81. The van der Waals surface area contributed by atoms with Gasteiger partial charge in [0.1, 0.15) is 0 Å². The van der Waals surface area contributed by atoms with Crippen molar-refractivity contribution in [3.05, 3.63) is 22.6 Å². The van der Waals surface area contributed by atoms with Crippen LogP contribution in [0.2, 0.25) is 0 Å². The van der Waals surface area contributed by atoms with E-state index in [0.29, 0.717) is 22.4 Å². The molecule has 9 heteroatoms. The van der Waals surface area contributed by atoms with Crippen molar-refractivity contribution in [3.63, 3.8) is 0 Å². The number of nitrogens with two attached hydrogens (primary N) is 1. The summed E-state index contributed by atoms with van der Waals surface area (Å²) in [6, 6.07) is 3.10. The lowest BCUT2D eigenvalue weighted by Gasteiger charge is -2.48. The Morgan fingerprint density at radius 1 is 1.23 bits per heavy atom. The number of hydrogen-bond acceptors (Lipinski definition) is 4. The zero-order valence-corrected chi connectivity index (χ0v) is 12.0. The molecule has 3 N–H and O–H groups in total. The van der Waals surface area contributed by atoms with E-state index in [9.17, 15) is 23.1 Å². The summed E-state index contributed by atoms with van der Waals surface area (Å²) in [4.78, 5) is 13.4. The molecule has 0 spiro atoms. The summed E-state index contributed by atoms with van der Waals surface area (Å²) in [6.07, 6.45) is -4.69. The van der Waals surface area contributed by atoms with E-state index in [1.165, 1.54) is 20.1 Å². The van der Waals surface area contributed by atoms with Crippen LogP contribution in [0.1, 0.15) is 0 Å². The number of anilines is 2. The van der Waals surface area contributed by atoms with Gasteiger partial charge >= 0.3 is 11.9 Å². The lowest BCUT2D eigenvalue weighted by Crippen LogP contribution is -2.69. The first-order chi connectivity index (χ1) is 10.0. The SMILES string of the molecule is Cn1c(=O)n(C)c2c(N3CC(O)(C(F)(F)F)C3)cc(N)cc21. The second kappa shape index (κ2) is 4.19. The second-order valence-electron chi connectivity index (χ2n) is 5.69. The fourth-order valence-electron chi connectivity index (χ4n) is 2.82. The molecule has 1 fully saturated rings. The Hall–Kier alpha value is -2.16. The number of β-amino-alcohol motifs (C(OH)–C–C–N with tert-alkyl or cyclic N) is 1. The molecule has 22 heavy (non-hydrogen) atoms. The van der Waals surface area contributed by atoms with Crippen LogP contribution in [0.15, 0.2) is 16.9 Å². The van der Waals surface area contributed by atoms with E-state index in [1.54, 1.807) is 20.2 Å². The molecule has 0 bridgehead atoms. The predicted octanol–water partition coefficient (Wildman–Crippen LogP) is 0.573. The Kier molecular flexibility index (Phi) is 2.81. The molecule has 1 aromatic heterocycles. The van der Waals surface area contributed by atoms with E-state index in [1.807, 2.05) is 0 Å². The maximum absolute atomic E-state index is 12.8. The number of imidazole rings is 1. The van der Waals surface area contributed by atoms with Gasteiger partial charge in [-0.2, -0.15) is 13.2 Å². The van der Waals surface area contributed by atoms with Gasteiger partial charge in [0.2, 0.25) is 0 Å². The highest BCUT2D eigenvalue weighted by Gasteiger charge is 2.61. The Morgan fingerprint density at radius 2 is 1.82 bits per heavy atom. The average Bonchev–Trinajstić information content (AvgIpc) is 2.58. The lowest BCUT2D eigenvalue weighted by atomic mass is 9.92. The standard InChI is InChI=1S/C13H15F3N4O2/c1-18-8-3-7(17)4-9(10(8)19(2)11(18)21)20-5-12(22,6-20)13(14,15)16/h3-4,22H,5-6,17H2,1-2H3. The Bertz CT molecular complexity index is 815. The number of alkyl halides is 3. The summed E-state index contributed by atoms with van der Waals surface area (Å²) < 4.78 is 41.0. The van der Waals surface area contributed by atoms with Crippen molar-refractivity contribution >= 4 is 22.4 Å². The maximum Gasteiger partial charge on any atom is 0.420 e. The number of hydrogen-bond donors (Lipinski definition) is 2. The number of nitrogen functional groups attached to an aromatic ring is 1. The van der Waals surface area contributed by atoms with Gasteiger partial charge in [-0.05, 0) is 12.1 Å². The van der Waals surface area contributed by atoms with Crippen molar-refractivity contribution in [2.45, 2.75) is 11.8 Å². The molecule has 0 saturated carbocycles. The molecular formula is C13H15F3N4O2.